The molecule has 4 aromatic rings. The quantitative estimate of drug-likeness (QED) is 0.572. The summed E-state index contributed by atoms with van der Waals surface area (Å²) in [6.07, 6.45) is 4.49. The van der Waals surface area contributed by atoms with Gasteiger partial charge < -0.3 is 14.4 Å². The topological polar surface area (TPSA) is 88.2 Å². The molecule has 0 aliphatic carbocycles. The number of fused-ring (bicyclic) bond motifs is 1. The largest absolute Gasteiger partial charge is 0.454 e. The normalized spacial score (nSPS) is 16.2. The molecule has 0 unspecified atom stereocenters. The molecule has 5 rings (SSSR count). The first-order valence-electron chi connectivity index (χ1n) is 9.80. The average Bonchev–Trinajstić information content (AvgIpc) is 3.24. The van der Waals surface area contributed by atoms with Crippen molar-refractivity contribution in [3.8, 4) is 11.5 Å². The van der Waals surface area contributed by atoms with Gasteiger partial charge in [-0.25, -0.2) is 4.98 Å². The summed E-state index contributed by atoms with van der Waals surface area (Å²) in [5.41, 5.74) is 2.23. The van der Waals surface area contributed by atoms with Crippen LogP contribution in [0.3, 0.4) is 0 Å². The van der Waals surface area contributed by atoms with Crippen molar-refractivity contribution in [3.05, 3.63) is 66.6 Å². The van der Waals surface area contributed by atoms with Gasteiger partial charge in [0.15, 0.2) is 5.76 Å². The molecule has 1 aromatic carbocycles. The van der Waals surface area contributed by atoms with Crippen molar-refractivity contribution in [1.82, 2.24) is 20.2 Å². The number of rotatable bonds is 4. The Morgan fingerprint density at radius 2 is 1.90 bits per heavy atom. The lowest BCUT2D eigenvalue weighted by Crippen LogP contribution is -2.37. The summed E-state index contributed by atoms with van der Waals surface area (Å²) in [6, 6.07) is 15.5. The van der Waals surface area contributed by atoms with Gasteiger partial charge in [-0.15, -0.1) is 5.10 Å². The summed E-state index contributed by atoms with van der Waals surface area (Å²) in [5, 5.41) is 20.0. The van der Waals surface area contributed by atoms with Gasteiger partial charge in [-0.3, -0.25) is 4.98 Å². The fourth-order valence-electron chi connectivity index (χ4n) is 3.86. The first-order chi connectivity index (χ1) is 14.3. The molecule has 0 bridgehead atoms. The molecular formula is C22H21N5O2. The third-order valence-electron chi connectivity index (χ3n) is 5.49. The van der Waals surface area contributed by atoms with Crippen LogP contribution in [0.4, 0.5) is 5.95 Å². The van der Waals surface area contributed by atoms with Crippen LogP contribution in [0.1, 0.15) is 24.6 Å². The molecule has 0 saturated carbocycles. The zero-order valence-electron chi connectivity index (χ0n) is 15.8. The van der Waals surface area contributed by atoms with Gasteiger partial charge in [0.05, 0.1) is 18.0 Å². The molecule has 7 nitrogen and oxygen atoms in total. The summed E-state index contributed by atoms with van der Waals surface area (Å²) in [4.78, 5) is 11.1. The van der Waals surface area contributed by atoms with Crippen LogP contribution in [0.5, 0.6) is 0 Å². The van der Waals surface area contributed by atoms with E-state index in [1.807, 2.05) is 48.5 Å². The highest BCUT2D eigenvalue weighted by Gasteiger charge is 2.28. The Kier molecular flexibility index (Phi) is 4.65. The second-order valence-electron chi connectivity index (χ2n) is 7.31. The average molecular weight is 387 g/mol. The molecule has 1 atom stereocenters. The van der Waals surface area contributed by atoms with E-state index in [4.69, 9.17) is 4.42 Å². The summed E-state index contributed by atoms with van der Waals surface area (Å²) in [6.45, 7) is 1.53. The number of hydrogen-bond acceptors (Lipinski definition) is 7. The van der Waals surface area contributed by atoms with E-state index >= 15 is 0 Å². The summed E-state index contributed by atoms with van der Waals surface area (Å²) in [5.74, 6) is 1.45. The van der Waals surface area contributed by atoms with Gasteiger partial charge in [0.2, 0.25) is 5.95 Å². The zero-order valence-corrected chi connectivity index (χ0v) is 15.8. The Morgan fingerprint density at radius 3 is 2.69 bits per heavy atom. The number of anilines is 1. The Balaban J connectivity index is 1.31. The molecule has 1 saturated heterocycles. The fraction of sp³-hybridized carbons (Fsp3) is 0.273. The van der Waals surface area contributed by atoms with E-state index < -0.39 is 6.10 Å². The van der Waals surface area contributed by atoms with Crippen LogP contribution in [0.2, 0.25) is 0 Å². The minimum absolute atomic E-state index is 0.174. The van der Waals surface area contributed by atoms with Crippen molar-refractivity contribution in [1.29, 1.82) is 0 Å². The highest BCUT2D eigenvalue weighted by molar-refractivity contribution is 5.82. The minimum Gasteiger partial charge on any atom is -0.454 e. The maximum Gasteiger partial charge on any atom is 0.246 e. The van der Waals surface area contributed by atoms with E-state index in [9.17, 15) is 5.11 Å². The standard InChI is InChI=1S/C22H21N5O2/c28-21(17-6-3-4-10-23-17)15-8-11-27(12-9-15)22-25-18(14-24-26-22)20-13-16-5-1-2-7-19(16)29-20/h1-7,10,13-15,21,28H,8-9,11-12H2/t21-/m1/s1. The Labute approximate surface area is 168 Å². The number of benzene rings is 1. The van der Waals surface area contributed by atoms with Crippen LogP contribution in [-0.2, 0) is 0 Å². The summed E-state index contributed by atoms with van der Waals surface area (Å²) in [7, 11) is 0. The van der Waals surface area contributed by atoms with Crippen molar-refractivity contribution in [2.24, 2.45) is 5.92 Å². The predicted octanol–water partition coefficient (Wildman–Crippen LogP) is 3.63. The number of furan rings is 1. The molecule has 7 heteroatoms. The maximum absolute atomic E-state index is 10.6. The second-order valence-corrected chi connectivity index (χ2v) is 7.31. The molecule has 1 aliphatic heterocycles. The molecule has 4 heterocycles. The number of nitrogens with zero attached hydrogens (tertiary/aromatic N) is 5. The van der Waals surface area contributed by atoms with Crippen LogP contribution in [0.15, 0.2) is 65.3 Å². The van der Waals surface area contributed by atoms with E-state index in [-0.39, 0.29) is 5.92 Å². The molecule has 1 fully saturated rings. The van der Waals surface area contributed by atoms with Crippen LogP contribution >= 0.6 is 0 Å². The lowest BCUT2D eigenvalue weighted by Gasteiger charge is -2.33. The number of aliphatic hydroxyl groups excluding tert-OH is 1. The predicted molar refractivity (Wildman–Crippen MR) is 109 cm³/mol. The maximum atomic E-state index is 10.6. The van der Waals surface area contributed by atoms with Crippen molar-refractivity contribution in [3.63, 3.8) is 0 Å². The number of para-hydroxylation sites is 1. The van der Waals surface area contributed by atoms with E-state index in [2.05, 4.69) is 25.1 Å². The van der Waals surface area contributed by atoms with E-state index in [0.29, 0.717) is 17.4 Å². The Morgan fingerprint density at radius 1 is 1.07 bits per heavy atom. The van der Waals surface area contributed by atoms with Crippen molar-refractivity contribution >= 4 is 16.9 Å². The molecular weight excluding hydrogens is 366 g/mol. The van der Waals surface area contributed by atoms with Crippen molar-refractivity contribution < 1.29 is 9.52 Å². The summed E-state index contributed by atoms with van der Waals surface area (Å²) < 4.78 is 5.91. The van der Waals surface area contributed by atoms with Gasteiger partial charge >= 0.3 is 0 Å². The molecule has 1 N–H and O–H groups in total. The van der Waals surface area contributed by atoms with Crippen LogP contribution < -0.4 is 4.90 Å². The number of hydrogen-bond donors (Lipinski definition) is 1. The first kappa shape index (κ1) is 17.8. The smallest absolute Gasteiger partial charge is 0.246 e. The van der Waals surface area contributed by atoms with Crippen molar-refractivity contribution in [2.45, 2.75) is 18.9 Å². The molecule has 0 radical (unpaired) electrons. The van der Waals surface area contributed by atoms with Crippen molar-refractivity contribution in [2.75, 3.05) is 18.0 Å². The number of piperidine rings is 1. The van der Waals surface area contributed by atoms with Gasteiger partial charge in [0.25, 0.3) is 0 Å². The molecule has 3 aromatic heterocycles. The lowest BCUT2D eigenvalue weighted by molar-refractivity contribution is 0.0889. The highest BCUT2D eigenvalue weighted by Crippen LogP contribution is 2.31. The molecule has 0 amide bonds. The highest BCUT2D eigenvalue weighted by atomic mass is 16.3. The number of aliphatic hydroxyl groups is 1. The fourth-order valence-corrected chi connectivity index (χ4v) is 3.86. The van der Waals surface area contributed by atoms with Gasteiger partial charge in [-0.1, -0.05) is 24.3 Å². The van der Waals surface area contributed by atoms with E-state index in [1.54, 1.807) is 12.4 Å². The SMILES string of the molecule is O[C@@H](c1ccccn1)C1CCN(c2nncc(-c3cc4ccccc4o3)n2)CC1. The zero-order chi connectivity index (χ0) is 19.6. The molecule has 0 spiro atoms. The van der Waals surface area contributed by atoms with Crippen LogP contribution in [0, 0.1) is 5.92 Å². The lowest BCUT2D eigenvalue weighted by atomic mass is 9.89. The van der Waals surface area contributed by atoms with Gasteiger partial charge in [-0.05, 0) is 43.0 Å². The van der Waals surface area contributed by atoms with Gasteiger partial charge in [-0.2, -0.15) is 5.10 Å². The molecule has 29 heavy (non-hydrogen) atoms. The van der Waals surface area contributed by atoms with Crippen LogP contribution in [-0.4, -0.2) is 38.4 Å². The van der Waals surface area contributed by atoms with E-state index in [0.717, 1.165) is 42.6 Å². The number of pyridine rings is 1. The Bertz CT molecular complexity index is 1070. The first-order valence-corrected chi connectivity index (χ1v) is 9.80. The second kappa shape index (κ2) is 7.60. The Hall–Kier alpha value is -3.32. The minimum atomic E-state index is -0.542. The third kappa shape index (κ3) is 3.56. The van der Waals surface area contributed by atoms with Crippen LogP contribution in [0.25, 0.3) is 22.4 Å². The summed E-state index contributed by atoms with van der Waals surface area (Å²) >= 11 is 0. The van der Waals surface area contributed by atoms with Gasteiger partial charge in [0.1, 0.15) is 11.3 Å². The third-order valence-corrected chi connectivity index (χ3v) is 5.49. The number of aromatic nitrogens is 4. The van der Waals surface area contributed by atoms with Gasteiger partial charge in [0, 0.05) is 24.7 Å². The molecule has 146 valence electrons. The molecule has 1 aliphatic rings. The van der Waals surface area contributed by atoms with E-state index in [1.165, 1.54) is 0 Å². The monoisotopic (exact) mass is 387 g/mol.